The van der Waals surface area contributed by atoms with E-state index >= 15 is 0 Å². The molecular weight excluding hydrogens is 164 g/mol. The summed E-state index contributed by atoms with van der Waals surface area (Å²) >= 11 is 0. The molecule has 13 heavy (non-hydrogen) atoms. The minimum absolute atomic E-state index is 0.183. The lowest BCUT2D eigenvalue weighted by molar-refractivity contribution is -0.150. The van der Waals surface area contributed by atoms with E-state index in [1.807, 2.05) is 39.0 Å². The highest BCUT2D eigenvalue weighted by molar-refractivity contribution is 5.89. The van der Waals surface area contributed by atoms with Gasteiger partial charge in [0.25, 0.3) is 0 Å². The van der Waals surface area contributed by atoms with Crippen molar-refractivity contribution in [2.45, 2.75) is 39.2 Å². The van der Waals surface area contributed by atoms with Crippen molar-refractivity contribution < 1.29 is 9.53 Å². The minimum atomic E-state index is -0.390. The van der Waals surface area contributed by atoms with Crippen molar-refractivity contribution >= 4 is 5.97 Å². The van der Waals surface area contributed by atoms with Gasteiger partial charge in [0.15, 0.2) is 0 Å². The molecule has 0 aromatic heterocycles. The van der Waals surface area contributed by atoms with E-state index in [9.17, 15) is 4.79 Å². The van der Waals surface area contributed by atoms with Crippen LogP contribution in [0.3, 0.4) is 0 Å². The van der Waals surface area contributed by atoms with Crippen LogP contribution in [0.5, 0.6) is 0 Å². The van der Waals surface area contributed by atoms with Crippen molar-refractivity contribution in [3.8, 4) is 0 Å². The summed E-state index contributed by atoms with van der Waals surface area (Å²) in [5.74, 6) is -0.183. The van der Waals surface area contributed by atoms with Gasteiger partial charge in [-0.2, -0.15) is 0 Å². The van der Waals surface area contributed by atoms with Crippen LogP contribution in [-0.4, -0.2) is 11.6 Å². The van der Waals surface area contributed by atoms with Crippen LogP contribution in [0.25, 0.3) is 0 Å². The van der Waals surface area contributed by atoms with Gasteiger partial charge in [-0.15, -0.1) is 0 Å². The van der Waals surface area contributed by atoms with Gasteiger partial charge >= 0.3 is 5.97 Å². The number of carbonyl (C=O) groups is 1. The maximum absolute atomic E-state index is 11.5. The normalized spacial score (nSPS) is 16.7. The van der Waals surface area contributed by atoms with E-state index in [-0.39, 0.29) is 11.6 Å². The summed E-state index contributed by atoms with van der Waals surface area (Å²) in [5, 5.41) is 0. The second kappa shape index (κ2) is 3.77. The molecule has 72 valence electrons. The van der Waals surface area contributed by atoms with Crippen LogP contribution < -0.4 is 0 Å². The smallest absolute Gasteiger partial charge is 0.334 e. The first-order chi connectivity index (χ1) is 5.99. The second-order valence-electron chi connectivity index (χ2n) is 4.16. The van der Waals surface area contributed by atoms with Gasteiger partial charge in [0.05, 0.1) is 0 Å². The van der Waals surface area contributed by atoms with Crippen LogP contribution in [0, 0.1) is 0 Å². The van der Waals surface area contributed by atoms with Crippen molar-refractivity contribution in [2.75, 3.05) is 0 Å². The molecule has 0 fully saturated rings. The third-order valence-electron chi connectivity index (χ3n) is 1.67. The van der Waals surface area contributed by atoms with Crippen molar-refractivity contribution in [1.29, 1.82) is 0 Å². The first-order valence-electron chi connectivity index (χ1n) is 4.58. The standard InChI is InChI=1S/C11H16O2/c1-11(2,3)13-10(12)9-7-5-4-6-8-9/h4-5,7H,6,8H2,1-3H3. The average molecular weight is 180 g/mol. The number of hydrogen-bond donors (Lipinski definition) is 0. The highest BCUT2D eigenvalue weighted by atomic mass is 16.6. The molecule has 0 unspecified atom stereocenters. The number of esters is 1. The summed E-state index contributed by atoms with van der Waals surface area (Å²) in [7, 11) is 0. The van der Waals surface area contributed by atoms with Gasteiger partial charge in [0.2, 0.25) is 0 Å². The number of rotatable bonds is 1. The Morgan fingerprint density at radius 3 is 2.62 bits per heavy atom. The third kappa shape index (κ3) is 3.45. The van der Waals surface area contributed by atoms with E-state index in [0.717, 1.165) is 18.4 Å². The van der Waals surface area contributed by atoms with E-state index in [1.54, 1.807) is 0 Å². The molecule has 0 aliphatic heterocycles. The Labute approximate surface area is 79.3 Å². The van der Waals surface area contributed by atoms with Crippen LogP contribution in [0.1, 0.15) is 33.6 Å². The fourth-order valence-corrected chi connectivity index (χ4v) is 1.12. The van der Waals surface area contributed by atoms with Gasteiger partial charge in [0, 0.05) is 5.57 Å². The highest BCUT2D eigenvalue weighted by Crippen LogP contribution is 2.17. The Bertz CT molecular complexity index is 254. The summed E-state index contributed by atoms with van der Waals surface area (Å²) in [6, 6.07) is 0. The van der Waals surface area contributed by atoms with Crippen LogP contribution >= 0.6 is 0 Å². The molecule has 1 aliphatic carbocycles. The van der Waals surface area contributed by atoms with Gasteiger partial charge in [-0.1, -0.05) is 18.2 Å². The van der Waals surface area contributed by atoms with Crippen LogP contribution in [0.15, 0.2) is 23.8 Å². The van der Waals surface area contributed by atoms with Crippen LogP contribution in [0.4, 0.5) is 0 Å². The first-order valence-corrected chi connectivity index (χ1v) is 4.58. The number of ether oxygens (including phenoxy) is 1. The third-order valence-corrected chi connectivity index (χ3v) is 1.67. The van der Waals surface area contributed by atoms with Gasteiger partial charge < -0.3 is 4.74 Å². The molecule has 1 aliphatic rings. The SMILES string of the molecule is CC(C)(C)OC(=O)C1=CC=CCC1. The second-order valence-corrected chi connectivity index (χ2v) is 4.16. The topological polar surface area (TPSA) is 26.3 Å². The Kier molecular flexibility index (Phi) is 2.91. The molecule has 0 heterocycles. The van der Waals surface area contributed by atoms with Crippen LogP contribution in [0.2, 0.25) is 0 Å². The quantitative estimate of drug-likeness (QED) is 0.580. The lowest BCUT2D eigenvalue weighted by Crippen LogP contribution is -2.25. The first kappa shape index (κ1) is 10.0. The van der Waals surface area contributed by atoms with E-state index in [2.05, 4.69) is 0 Å². The zero-order valence-electron chi connectivity index (χ0n) is 8.46. The van der Waals surface area contributed by atoms with Crippen molar-refractivity contribution in [1.82, 2.24) is 0 Å². The van der Waals surface area contributed by atoms with E-state index < -0.39 is 0 Å². The lowest BCUT2D eigenvalue weighted by Gasteiger charge is -2.20. The maximum atomic E-state index is 11.5. The molecule has 0 amide bonds. The zero-order valence-corrected chi connectivity index (χ0v) is 8.46. The Balaban J connectivity index is 2.58. The average Bonchev–Trinajstić information content (AvgIpc) is 2.03. The molecule has 0 saturated heterocycles. The van der Waals surface area contributed by atoms with Gasteiger partial charge in [-0.3, -0.25) is 0 Å². The summed E-state index contributed by atoms with van der Waals surface area (Å²) < 4.78 is 5.24. The molecule has 0 N–H and O–H groups in total. The largest absolute Gasteiger partial charge is 0.457 e. The molecule has 0 bridgehead atoms. The van der Waals surface area contributed by atoms with Crippen molar-refractivity contribution in [3.05, 3.63) is 23.8 Å². The molecule has 0 aromatic rings. The Morgan fingerprint density at radius 2 is 2.15 bits per heavy atom. The molecule has 0 spiro atoms. The highest BCUT2D eigenvalue weighted by Gasteiger charge is 2.19. The summed E-state index contributed by atoms with van der Waals surface area (Å²) in [5.41, 5.74) is 0.386. The van der Waals surface area contributed by atoms with Gasteiger partial charge in [-0.25, -0.2) is 4.79 Å². The number of hydrogen-bond acceptors (Lipinski definition) is 2. The Hall–Kier alpha value is -1.05. The number of allylic oxidation sites excluding steroid dienone is 3. The van der Waals surface area contributed by atoms with E-state index in [4.69, 9.17) is 4.74 Å². The molecule has 0 aromatic carbocycles. The van der Waals surface area contributed by atoms with Crippen molar-refractivity contribution in [2.24, 2.45) is 0 Å². The molecule has 2 nitrogen and oxygen atoms in total. The van der Waals surface area contributed by atoms with E-state index in [0.29, 0.717) is 0 Å². The number of carbonyl (C=O) groups excluding carboxylic acids is 1. The summed E-state index contributed by atoms with van der Waals surface area (Å²) in [6.45, 7) is 5.64. The summed E-state index contributed by atoms with van der Waals surface area (Å²) in [4.78, 5) is 11.5. The minimum Gasteiger partial charge on any atom is -0.457 e. The predicted octanol–water partition coefficient (Wildman–Crippen LogP) is 2.60. The molecule has 0 atom stereocenters. The predicted molar refractivity (Wildman–Crippen MR) is 52.3 cm³/mol. The molecule has 0 radical (unpaired) electrons. The molecule has 2 heteroatoms. The Morgan fingerprint density at radius 1 is 1.46 bits per heavy atom. The monoisotopic (exact) mass is 180 g/mol. The zero-order chi connectivity index (χ0) is 9.90. The molecular formula is C11H16O2. The van der Waals surface area contributed by atoms with Gasteiger partial charge in [-0.05, 0) is 33.6 Å². The van der Waals surface area contributed by atoms with Crippen LogP contribution in [-0.2, 0) is 9.53 Å². The fourth-order valence-electron chi connectivity index (χ4n) is 1.12. The summed E-state index contributed by atoms with van der Waals surface area (Å²) in [6.07, 6.45) is 7.52. The maximum Gasteiger partial charge on any atom is 0.334 e. The van der Waals surface area contributed by atoms with Crippen molar-refractivity contribution in [3.63, 3.8) is 0 Å². The van der Waals surface area contributed by atoms with Gasteiger partial charge in [0.1, 0.15) is 5.60 Å². The fraction of sp³-hybridized carbons (Fsp3) is 0.545. The van der Waals surface area contributed by atoms with E-state index in [1.165, 1.54) is 0 Å². The lowest BCUT2D eigenvalue weighted by atomic mass is 10.1. The molecule has 0 saturated carbocycles. The molecule has 1 rings (SSSR count).